The molecular weight excluding hydrogens is 298 g/mol. The minimum atomic E-state index is -0.116. The number of hydrogen-bond acceptors (Lipinski definition) is 2. The first-order valence-electron chi connectivity index (χ1n) is 7.44. The van der Waals surface area contributed by atoms with Crippen molar-refractivity contribution in [2.24, 2.45) is 0 Å². The summed E-state index contributed by atoms with van der Waals surface area (Å²) in [4.78, 5) is 12.4. The first kappa shape index (κ1) is 14.9. The van der Waals surface area contributed by atoms with Gasteiger partial charge in [0.25, 0.3) is 5.91 Å². The maximum Gasteiger partial charge on any atom is 0.255 e. The number of benzene rings is 2. The Morgan fingerprint density at radius 2 is 1.86 bits per heavy atom. The number of methoxy groups -OCH3 is 1. The van der Waals surface area contributed by atoms with E-state index in [1.54, 1.807) is 25.3 Å². The molecule has 0 radical (unpaired) electrons. The Labute approximate surface area is 135 Å². The molecule has 3 nitrogen and oxygen atoms in total. The minimum Gasteiger partial charge on any atom is -0.495 e. The summed E-state index contributed by atoms with van der Waals surface area (Å²) >= 11 is 6.08. The third-order valence-electron chi connectivity index (χ3n) is 4.02. The summed E-state index contributed by atoms with van der Waals surface area (Å²) in [7, 11) is 1.56. The van der Waals surface area contributed by atoms with Gasteiger partial charge < -0.3 is 10.1 Å². The molecule has 0 spiro atoms. The maximum absolute atomic E-state index is 12.4. The molecule has 1 N–H and O–H groups in total. The molecule has 2 aromatic rings. The van der Waals surface area contributed by atoms with E-state index in [9.17, 15) is 4.79 Å². The molecule has 4 heteroatoms. The Balaban J connectivity index is 1.78. The molecule has 0 saturated heterocycles. The van der Waals surface area contributed by atoms with Crippen molar-refractivity contribution in [2.45, 2.75) is 25.7 Å². The van der Waals surface area contributed by atoms with Gasteiger partial charge in [0.15, 0.2) is 0 Å². The zero-order valence-corrected chi connectivity index (χ0v) is 13.2. The molecule has 114 valence electrons. The molecule has 3 rings (SSSR count). The van der Waals surface area contributed by atoms with Gasteiger partial charge in [-0.2, -0.15) is 0 Å². The number of carbonyl (C=O) groups is 1. The van der Waals surface area contributed by atoms with Crippen LogP contribution in [0.4, 0.5) is 5.69 Å². The molecule has 1 aliphatic rings. The lowest BCUT2D eigenvalue weighted by molar-refractivity contribution is 0.102. The van der Waals surface area contributed by atoms with Crippen LogP contribution in [0, 0.1) is 0 Å². The Morgan fingerprint density at radius 3 is 2.59 bits per heavy atom. The Hall–Kier alpha value is -2.00. The van der Waals surface area contributed by atoms with E-state index in [0.717, 1.165) is 12.8 Å². The molecule has 0 bridgehead atoms. The summed E-state index contributed by atoms with van der Waals surface area (Å²) in [5.41, 5.74) is 4.02. The molecule has 0 saturated carbocycles. The molecule has 0 heterocycles. The van der Waals surface area contributed by atoms with Gasteiger partial charge in [0.05, 0.1) is 12.1 Å². The van der Waals surface area contributed by atoms with Gasteiger partial charge in [-0.1, -0.05) is 17.7 Å². The number of rotatable bonds is 3. The van der Waals surface area contributed by atoms with Gasteiger partial charge in [-0.05, 0) is 67.1 Å². The van der Waals surface area contributed by atoms with E-state index in [2.05, 4.69) is 11.4 Å². The molecule has 22 heavy (non-hydrogen) atoms. The quantitative estimate of drug-likeness (QED) is 0.907. The summed E-state index contributed by atoms with van der Waals surface area (Å²) in [5.74, 6) is 0.475. The van der Waals surface area contributed by atoms with Gasteiger partial charge in [0, 0.05) is 11.3 Å². The largest absolute Gasteiger partial charge is 0.495 e. The second-order valence-corrected chi connectivity index (χ2v) is 5.90. The number of halogens is 1. The van der Waals surface area contributed by atoms with Gasteiger partial charge in [-0.25, -0.2) is 0 Å². The topological polar surface area (TPSA) is 38.3 Å². The minimum absolute atomic E-state index is 0.116. The Bertz CT molecular complexity index is 712. The maximum atomic E-state index is 12.4. The van der Waals surface area contributed by atoms with Gasteiger partial charge in [0.1, 0.15) is 5.75 Å². The van der Waals surface area contributed by atoms with Crippen LogP contribution in [0.5, 0.6) is 5.75 Å². The fraction of sp³-hybridized carbons (Fsp3) is 0.278. The van der Waals surface area contributed by atoms with Crippen molar-refractivity contribution in [2.75, 3.05) is 12.4 Å². The molecule has 1 amide bonds. The van der Waals surface area contributed by atoms with E-state index in [4.69, 9.17) is 16.3 Å². The van der Waals surface area contributed by atoms with Crippen molar-refractivity contribution in [1.29, 1.82) is 0 Å². The summed E-state index contributed by atoms with van der Waals surface area (Å²) in [5, 5.41) is 3.36. The highest BCUT2D eigenvalue weighted by atomic mass is 35.5. The standard InChI is InChI=1S/C18H18ClNO2/c1-22-17-9-8-15(11-16(17)19)20-18(21)14-7-6-12-4-2-3-5-13(12)10-14/h6-11H,2-5H2,1H3,(H,20,21). The second kappa shape index (κ2) is 6.41. The van der Waals surface area contributed by atoms with Crippen LogP contribution < -0.4 is 10.1 Å². The zero-order valence-electron chi connectivity index (χ0n) is 12.5. The average molecular weight is 316 g/mol. The van der Waals surface area contributed by atoms with Crippen molar-refractivity contribution >= 4 is 23.2 Å². The van der Waals surface area contributed by atoms with Crippen molar-refractivity contribution in [1.82, 2.24) is 0 Å². The number of fused-ring (bicyclic) bond motifs is 1. The predicted molar refractivity (Wildman–Crippen MR) is 89.0 cm³/mol. The molecule has 1 aliphatic carbocycles. The van der Waals surface area contributed by atoms with Gasteiger partial charge in [-0.3, -0.25) is 4.79 Å². The van der Waals surface area contributed by atoms with Crippen LogP contribution in [0.25, 0.3) is 0 Å². The average Bonchev–Trinajstić information content (AvgIpc) is 2.54. The van der Waals surface area contributed by atoms with E-state index in [0.29, 0.717) is 22.0 Å². The van der Waals surface area contributed by atoms with Crippen molar-refractivity contribution < 1.29 is 9.53 Å². The number of carbonyl (C=O) groups excluding carboxylic acids is 1. The van der Waals surface area contributed by atoms with Crippen LogP contribution in [0.2, 0.25) is 5.02 Å². The first-order valence-corrected chi connectivity index (χ1v) is 7.82. The van der Waals surface area contributed by atoms with Gasteiger partial charge >= 0.3 is 0 Å². The van der Waals surface area contributed by atoms with Crippen molar-refractivity contribution in [3.63, 3.8) is 0 Å². The van der Waals surface area contributed by atoms with E-state index < -0.39 is 0 Å². The van der Waals surface area contributed by atoms with E-state index in [1.807, 2.05) is 12.1 Å². The normalized spacial score (nSPS) is 13.4. The van der Waals surface area contributed by atoms with Crippen LogP contribution in [0.1, 0.15) is 34.3 Å². The predicted octanol–water partition coefficient (Wildman–Crippen LogP) is 4.48. The molecule has 0 atom stereocenters. The van der Waals surface area contributed by atoms with Crippen molar-refractivity contribution in [3.8, 4) is 5.75 Å². The van der Waals surface area contributed by atoms with Crippen LogP contribution in [-0.4, -0.2) is 13.0 Å². The summed E-state index contributed by atoms with van der Waals surface area (Å²) in [6.45, 7) is 0. The number of hydrogen-bond donors (Lipinski definition) is 1. The molecular formula is C18H18ClNO2. The van der Waals surface area contributed by atoms with Crippen LogP contribution in [0.15, 0.2) is 36.4 Å². The van der Waals surface area contributed by atoms with E-state index in [1.165, 1.54) is 24.0 Å². The number of anilines is 1. The molecule has 0 fully saturated rings. The SMILES string of the molecule is COc1ccc(NC(=O)c2ccc3c(c2)CCCC3)cc1Cl. The monoisotopic (exact) mass is 315 g/mol. The number of aryl methyl sites for hydroxylation is 2. The summed E-state index contributed by atoms with van der Waals surface area (Å²) in [6, 6.07) is 11.2. The number of amides is 1. The molecule has 0 unspecified atom stereocenters. The zero-order chi connectivity index (χ0) is 15.5. The Kier molecular flexibility index (Phi) is 4.34. The lowest BCUT2D eigenvalue weighted by Gasteiger charge is -2.16. The Morgan fingerprint density at radius 1 is 1.09 bits per heavy atom. The molecule has 2 aromatic carbocycles. The fourth-order valence-electron chi connectivity index (χ4n) is 2.82. The smallest absolute Gasteiger partial charge is 0.255 e. The first-order chi connectivity index (χ1) is 10.7. The molecule has 0 aliphatic heterocycles. The highest BCUT2D eigenvalue weighted by Gasteiger charge is 2.13. The van der Waals surface area contributed by atoms with Crippen LogP contribution >= 0.6 is 11.6 Å². The number of ether oxygens (including phenoxy) is 1. The lowest BCUT2D eigenvalue weighted by Crippen LogP contribution is -2.13. The summed E-state index contributed by atoms with van der Waals surface area (Å²) in [6.07, 6.45) is 4.62. The van der Waals surface area contributed by atoms with Gasteiger partial charge in [-0.15, -0.1) is 0 Å². The van der Waals surface area contributed by atoms with Crippen LogP contribution in [0.3, 0.4) is 0 Å². The highest BCUT2D eigenvalue weighted by molar-refractivity contribution is 6.32. The number of nitrogens with one attached hydrogen (secondary N) is 1. The lowest BCUT2D eigenvalue weighted by atomic mass is 9.90. The molecule has 0 aromatic heterocycles. The van der Waals surface area contributed by atoms with E-state index >= 15 is 0 Å². The summed E-state index contributed by atoms with van der Waals surface area (Å²) < 4.78 is 5.11. The van der Waals surface area contributed by atoms with Gasteiger partial charge in [0.2, 0.25) is 0 Å². The fourth-order valence-corrected chi connectivity index (χ4v) is 3.08. The second-order valence-electron chi connectivity index (χ2n) is 5.49. The third-order valence-corrected chi connectivity index (χ3v) is 4.32. The van der Waals surface area contributed by atoms with Crippen molar-refractivity contribution in [3.05, 3.63) is 58.1 Å². The van der Waals surface area contributed by atoms with Crippen LogP contribution in [-0.2, 0) is 12.8 Å². The highest BCUT2D eigenvalue weighted by Crippen LogP contribution is 2.28. The van der Waals surface area contributed by atoms with E-state index in [-0.39, 0.29) is 5.91 Å². The third kappa shape index (κ3) is 3.09.